The molecule has 3 aromatic rings. The Bertz CT molecular complexity index is 967. The molecular weight excluding hydrogens is 373 g/mol. The van der Waals surface area contributed by atoms with Crippen molar-refractivity contribution in [1.82, 2.24) is 4.98 Å². The lowest BCUT2D eigenvalue weighted by Crippen LogP contribution is -2.13. The molecule has 0 radical (unpaired) electrons. The lowest BCUT2D eigenvalue weighted by molar-refractivity contribution is -0.137. The van der Waals surface area contributed by atoms with Crippen molar-refractivity contribution in [2.75, 3.05) is 4.72 Å². The summed E-state index contributed by atoms with van der Waals surface area (Å²) in [6.07, 6.45) is -4.52. The second-order valence-electron chi connectivity index (χ2n) is 5.03. The Morgan fingerprint density at radius 2 is 1.60 bits per heavy atom. The van der Waals surface area contributed by atoms with Crippen LogP contribution in [0, 0.1) is 0 Å². The summed E-state index contributed by atoms with van der Waals surface area (Å²) in [5, 5.41) is 1.83. The first-order chi connectivity index (χ1) is 11.8. The molecule has 0 saturated heterocycles. The largest absolute Gasteiger partial charge is 0.416 e. The van der Waals surface area contributed by atoms with Gasteiger partial charge in [0.05, 0.1) is 16.2 Å². The Morgan fingerprint density at radius 1 is 0.960 bits per heavy atom. The van der Waals surface area contributed by atoms with E-state index < -0.39 is 21.8 Å². The highest BCUT2D eigenvalue weighted by Crippen LogP contribution is 2.30. The van der Waals surface area contributed by atoms with Gasteiger partial charge in [0.15, 0.2) is 5.13 Å². The quantitative estimate of drug-likeness (QED) is 0.714. The van der Waals surface area contributed by atoms with E-state index in [0.29, 0.717) is 5.69 Å². The molecule has 1 aromatic heterocycles. The molecule has 0 atom stereocenters. The van der Waals surface area contributed by atoms with Crippen LogP contribution in [-0.4, -0.2) is 13.4 Å². The second-order valence-corrected chi connectivity index (χ2v) is 7.57. The van der Waals surface area contributed by atoms with E-state index in [4.69, 9.17) is 0 Å². The number of benzene rings is 2. The Balaban J connectivity index is 1.81. The predicted molar refractivity (Wildman–Crippen MR) is 89.8 cm³/mol. The van der Waals surface area contributed by atoms with Crippen LogP contribution in [0.2, 0.25) is 0 Å². The van der Waals surface area contributed by atoms with Gasteiger partial charge >= 0.3 is 6.18 Å². The van der Waals surface area contributed by atoms with Gasteiger partial charge in [0.2, 0.25) is 0 Å². The molecule has 25 heavy (non-hydrogen) atoms. The van der Waals surface area contributed by atoms with Gasteiger partial charge in [-0.15, -0.1) is 11.3 Å². The van der Waals surface area contributed by atoms with Crippen molar-refractivity contribution in [1.29, 1.82) is 0 Å². The lowest BCUT2D eigenvalue weighted by atomic mass is 10.2. The van der Waals surface area contributed by atoms with Gasteiger partial charge in [0, 0.05) is 10.9 Å². The summed E-state index contributed by atoms with van der Waals surface area (Å²) in [4.78, 5) is 3.93. The Labute approximate surface area is 146 Å². The first kappa shape index (κ1) is 17.4. The van der Waals surface area contributed by atoms with E-state index in [1.165, 1.54) is 0 Å². The van der Waals surface area contributed by atoms with Gasteiger partial charge in [0.1, 0.15) is 0 Å². The van der Waals surface area contributed by atoms with E-state index in [0.717, 1.165) is 41.2 Å². The summed E-state index contributed by atoms with van der Waals surface area (Å²) >= 11 is 1.09. The molecule has 1 heterocycles. The lowest BCUT2D eigenvalue weighted by Gasteiger charge is -2.08. The number of aromatic nitrogens is 1. The van der Waals surface area contributed by atoms with Gasteiger partial charge in [-0.2, -0.15) is 13.2 Å². The standard InChI is InChI=1S/C16H11F3N2O2S2/c17-16(18,19)12-6-8-13(9-7-12)25(22,23)21-15-20-14(10-24-15)11-4-2-1-3-5-11/h1-10H,(H,20,21). The van der Waals surface area contributed by atoms with Crippen molar-refractivity contribution < 1.29 is 21.6 Å². The van der Waals surface area contributed by atoms with E-state index >= 15 is 0 Å². The maximum absolute atomic E-state index is 12.6. The molecular formula is C16H11F3N2O2S2. The minimum atomic E-state index is -4.52. The number of alkyl halides is 3. The van der Waals surface area contributed by atoms with Crippen LogP contribution in [0.4, 0.5) is 18.3 Å². The number of sulfonamides is 1. The molecule has 0 spiro atoms. The number of nitrogens with zero attached hydrogens (tertiary/aromatic N) is 1. The molecule has 3 rings (SSSR count). The van der Waals surface area contributed by atoms with Gasteiger partial charge in [-0.1, -0.05) is 30.3 Å². The number of hydrogen-bond donors (Lipinski definition) is 1. The van der Waals surface area contributed by atoms with Crippen LogP contribution in [-0.2, 0) is 16.2 Å². The minimum Gasteiger partial charge on any atom is -0.255 e. The van der Waals surface area contributed by atoms with E-state index in [1.54, 1.807) is 5.38 Å². The fourth-order valence-corrected chi connectivity index (χ4v) is 4.03. The zero-order valence-corrected chi connectivity index (χ0v) is 14.1. The van der Waals surface area contributed by atoms with Crippen LogP contribution in [0.5, 0.6) is 0 Å². The summed E-state index contributed by atoms with van der Waals surface area (Å²) in [6.45, 7) is 0. The molecule has 1 N–H and O–H groups in total. The zero-order chi connectivity index (χ0) is 18.1. The highest BCUT2D eigenvalue weighted by atomic mass is 32.2. The van der Waals surface area contributed by atoms with Gasteiger partial charge in [-0.3, -0.25) is 4.72 Å². The number of halogens is 3. The fourth-order valence-electron chi connectivity index (χ4n) is 2.06. The first-order valence-electron chi connectivity index (χ1n) is 6.97. The van der Waals surface area contributed by atoms with Crippen molar-refractivity contribution >= 4 is 26.5 Å². The highest BCUT2D eigenvalue weighted by molar-refractivity contribution is 7.93. The molecule has 2 aromatic carbocycles. The summed E-state index contributed by atoms with van der Waals surface area (Å²) in [7, 11) is -4.01. The molecule has 0 unspecified atom stereocenters. The van der Waals surface area contributed by atoms with Crippen LogP contribution in [0.1, 0.15) is 5.56 Å². The molecule has 4 nitrogen and oxygen atoms in total. The molecule has 130 valence electrons. The number of anilines is 1. The third-order valence-electron chi connectivity index (χ3n) is 3.29. The molecule has 9 heteroatoms. The number of thiazole rings is 1. The maximum Gasteiger partial charge on any atom is 0.416 e. The normalized spacial score (nSPS) is 12.1. The molecule has 0 amide bonds. The summed E-state index contributed by atoms with van der Waals surface area (Å²) < 4.78 is 64.5. The summed E-state index contributed by atoms with van der Waals surface area (Å²) in [6, 6.07) is 12.5. The number of rotatable bonds is 4. The average molecular weight is 384 g/mol. The van der Waals surface area contributed by atoms with Gasteiger partial charge < -0.3 is 0 Å². The van der Waals surface area contributed by atoms with E-state index in [-0.39, 0.29) is 10.0 Å². The van der Waals surface area contributed by atoms with Gasteiger partial charge in [-0.25, -0.2) is 13.4 Å². The van der Waals surface area contributed by atoms with Crippen molar-refractivity contribution in [2.24, 2.45) is 0 Å². The second kappa shape index (κ2) is 6.49. The molecule has 0 aliphatic rings. The van der Waals surface area contributed by atoms with Gasteiger partial charge in [-0.05, 0) is 24.3 Å². The van der Waals surface area contributed by atoms with E-state index in [1.807, 2.05) is 30.3 Å². The fraction of sp³-hybridized carbons (Fsp3) is 0.0625. The van der Waals surface area contributed by atoms with Crippen LogP contribution < -0.4 is 4.72 Å². The first-order valence-corrected chi connectivity index (χ1v) is 9.33. The molecule has 0 bridgehead atoms. The van der Waals surface area contributed by atoms with Crippen molar-refractivity contribution in [3.8, 4) is 11.3 Å². The number of hydrogen-bond acceptors (Lipinski definition) is 4. The third kappa shape index (κ3) is 3.99. The number of nitrogens with one attached hydrogen (secondary N) is 1. The topological polar surface area (TPSA) is 59.1 Å². The Hall–Kier alpha value is -2.39. The summed E-state index contributed by atoms with van der Waals surface area (Å²) in [5.74, 6) is 0. The van der Waals surface area contributed by atoms with Crippen molar-refractivity contribution in [3.05, 3.63) is 65.5 Å². The van der Waals surface area contributed by atoms with Crippen LogP contribution in [0.3, 0.4) is 0 Å². The SMILES string of the molecule is O=S(=O)(Nc1nc(-c2ccccc2)cs1)c1ccc(C(F)(F)F)cc1. The van der Waals surface area contributed by atoms with Crippen LogP contribution in [0.25, 0.3) is 11.3 Å². The van der Waals surface area contributed by atoms with Crippen molar-refractivity contribution in [2.45, 2.75) is 11.1 Å². The van der Waals surface area contributed by atoms with Crippen LogP contribution >= 0.6 is 11.3 Å². The van der Waals surface area contributed by atoms with Crippen LogP contribution in [0.15, 0.2) is 64.9 Å². The molecule has 0 fully saturated rings. The average Bonchev–Trinajstić information content (AvgIpc) is 3.03. The predicted octanol–water partition coefficient (Wildman–Crippen LogP) is 4.63. The molecule has 0 aliphatic heterocycles. The smallest absolute Gasteiger partial charge is 0.255 e. The van der Waals surface area contributed by atoms with E-state index in [2.05, 4.69) is 9.71 Å². The third-order valence-corrected chi connectivity index (χ3v) is 5.53. The van der Waals surface area contributed by atoms with Crippen molar-refractivity contribution in [3.63, 3.8) is 0 Å². The maximum atomic E-state index is 12.6. The Morgan fingerprint density at radius 3 is 2.20 bits per heavy atom. The monoisotopic (exact) mass is 384 g/mol. The highest BCUT2D eigenvalue weighted by Gasteiger charge is 2.30. The molecule has 0 saturated carbocycles. The van der Waals surface area contributed by atoms with E-state index in [9.17, 15) is 21.6 Å². The minimum absolute atomic E-state index is 0.138. The zero-order valence-electron chi connectivity index (χ0n) is 12.5. The van der Waals surface area contributed by atoms with Gasteiger partial charge in [0.25, 0.3) is 10.0 Å². The Kier molecular flexibility index (Phi) is 4.53. The molecule has 0 aliphatic carbocycles. The summed E-state index contributed by atoms with van der Waals surface area (Å²) in [5.41, 5.74) is 0.529.